The van der Waals surface area contributed by atoms with Crippen LogP contribution < -0.4 is 5.32 Å². The molecule has 4 heteroatoms. The Kier molecular flexibility index (Phi) is 4.61. The summed E-state index contributed by atoms with van der Waals surface area (Å²) in [5.41, 5.74) is 2.14. The van der Waals surface area contributed by atoms with Crippen LogP contribution in [-0.2, 0) is 12.8 Å². The Bertz CT molecular complexity index is 553. The van der Waals surface area contributed by atoms with Crippen LogP contribution in [0.4, 0.5) is 4.39 Å². The maximum absolute atomic E-state index is 13.1. The lowest BCUT2D eigenvalue weighted by Gasteiger charge is -2.16. The van der Waals surface area contributed by atoms with E-state index in [9.17, 15) is 4.39 Å². The van der Waals surface area contributed by atoms with Crippen molar-refractivity contribution in [2.45, 2.75) is 25.8 Å². The fourth-order valence-corrected chi connectivity index (χ4v) is 2.42. The van der Waals surface area contributed by atoms with E-state index in [4.69, 9.17) is 16.0 Å². The predicted molar refractivity (Wildman–Crippen MR) is 75.0 cm³/mol. The van der Waals surface area contributed by atoms with E-state index in [0.29, 0.717) is 0 Å². The second-order valence-electron chi connectivity index (χ2n) is 4.45. The van der Waals surface area contributed by atoms with Gasteiger partial charge in [0.2, 0.25) is 0 Å². The van der Waals surface area contributed by atoms with Crippen molar-refractivity contribution in [3.05, 3.63) is 58.3 Å². The lowest BCUT2D eigenvalue weighted by Crippen LogP contribution is -2.19. The summed E-state index contributed by atoms with van der Waals surface area (Å²) >= 11 is 5.81. The number of rotatable bonds is 5. The van der Waals surface area contributed by atoms with Crippen molar-refractivity contribution in [3.63, 3.8) is 0 Å². The van der Waals surface area contributed by atoms with Crippen molar-refractivity contribution in [2.75, 3.05) is 7.05 Å². The first kappa shape index (κ1) is 14.1. The molecule has 0 aliphatic rings. The molecule has 0 aliphatic carbocycles. The smallest absolute Gasteiger partial charge is 0.141 e. The van der Waals surface area contributed by atoms with Gasteiger partial charge in [0, 0.05) is 18.0 Å². The summed E-state index contributed by atoms with van der Waals surface area (Å²) in [6, 6.07) is 6.95. The third-order valence-corrected chi connectivity index (χ3v) is 3.54. The Morgan fingerprint density at radius 2 is 2.16 bits per heavy atom. The molecule has 2 aromatic rings. The van der Waals surface area contributed by atoms with Gasteiger partial charge in [-0.05, 0) is 37.2 Å². The molecule has 0 spiro atoms. The summed E-state index contributed by atoms with van der Waals surface area (Å²) in [5, 5.41) is 3.43. The maximum atomic E-state index is 13.1. The topological polar surface area (TPSA) is 25.2 Å². The highest BCUT2D eigenvalue weighted by Gasteiger charge is 2.16. The van der Waals surface area contributed by atoms with E-state index in [1.165, 1.54) is 6.07 Å². The van der Waals surface area contributed by atoms with E-state index in [1.54, 1.807) is 18.4 Å². The van der Waals surface area contributed by atoms with Gasteiger partial charge in [-0.3, -0.25) is 0 Å². The van der Waals surface area contributed by atoms with Gasteiger partial charge < -0.3 is 9.73 Å². The first-order valence-corrected chi connectivity index (χ1v) is 6.71. The van der Waals surface area contributed by atoms with Crippen molar-refractivity contribution in [1.29, 1.82) is 0 Å². The highest BCUT2D eigenvalue weighted by molar-refractivity contribution is 6.30. The van der Waals surface area contributed by atoms with Crippen molar-refractivity contribution >= 4 is 11.6 Å². The van der Waals surface area contributed by atoms with E-state index in [2.05, 4.69) is 12.2 Å². The maximum Gasteiger partial charge on any atom is 0.141 e. The third kappa shape index (κ3) is 3.17. The Labute approximate surface area is 117 Å². The molecule has 0 saturated carbocycles. The normalized spacial score (nSPS) is 12.6. The summed E-state index contributed by atoms with van der Waals surface area (Å²) in [7, 11) is 1.90. The molecule has 0 radical (unpaired) electrons. The van der Waals surface area contributed by atoms with Crippen molar-refractivity contribution < 1.29 is 8.81 Å². The number of furan rings is 1. The molecular weight excluding hydrogens is 265 g/mol. The third-order valence-electron chi connectivity index (χ3n) is 3.25. The quantitative estimate of drug-likeness (QED) is 0.891. The minimum Gasteiger partial charge on any atom is -0.469 e. The second kappa shape index (κ2) is 6.22. The van der Waals surface area contributed by atoms with Gasteiger partial charge in [0.25, 0.3) is 0 Å². The molecule has 0 bridgehead atoms. The summed E-state index contributed by atoms with van der Waals surface area (Å²) in [6.07, 6.45) is 3.30. The number of hydrogen-bond donors (Lipinski definition) is 1. The molecule has 0 amide bonds. The van der Waals surface area contributed by atoms with E-state index < -0.39 is 0 Å². The molecule has 2 nitrogen and oxygen atoms in total. The van der Waals surface area contributed by atoms with Gasteiger partial charge in [0.05, 0.1) is 11.3 Å². The van der Waals surface area contributed by atoms with E-state index in [0.717, 1.165) is 29.7 Å². The van der Waals surface area contributed by atoms with Crippen LogP contribution >= 0.6 is 11.6 Å². The van der Waals surface area contributed by atoms with Crippen molar-refractivity contribution in [3.8, 4) is 0 Å². The fraction of sp³-hybridized carbons (Fsp3) is 0.333. The molecule has 1 atom stereocenters. The molecule has 1 heterocycles. The van der Waals surface area contributed by atoms with Gasteiger partial charge in [-0.1, -0.05) is 24.6 Å². The van der Waals surface area contributed by atoms with Gasteiger partial charge in [-0.25, -0.2) is 4.39 Å². The zero-order valence-corrected chi connectivity index (χ0v) is 11.8. The van der Waals surface area contributed by atoms with Crippen LogP contribution in [0, 0.1) is 5.82 Å². The van der Waals surface area contributed by atoms with Crippen LogP contribution in [0.3, 0.4) is 0 Å². The van der Waals surface area contributed by atoms with Crippen LogP contribution in [0.15, 0.2) is 34.9 Å². The summed E-state index contributed by atoms with van der Waals surface area (Å²) in [4.78, 5) is 0. The monoisotopic (exact) mass is 281 g/mol. The average molecular weight is 282 g/mol. The van der Waals surface area contributed by atoms with E-state index in [-0.39, 0.29) is 16.9 Å². The predicted octanol–water partition coefficient (Wildman–Crippen LogP) is 4.14. The number of likely N-dealkylation sites (N-methyl/N-ethyl adjacent to an activating group) is 1. The first-order chi connectivity index (χ1) is 9.15. The minimum atomic E-state index is -0.385. The van der Waals surface area contributed by atoms with Crippen LogP contribution in [0.1, 0.15) is 29.9 Å². The molecule has 0 aliphatic heterocycles. The zero-order chi connectivity index (χ0) is 13.8. The number of hydrogen-bond acceptors (Lipinski definition) is 2. The number of nitrogens with one attached hydrogen (secondary N) is 1. The average Bonchev–Trinajstić information content (AvgIpc) is 2.88. The summed E-state index contributed by atoms with van der Waals surface area (Å²) in [5.74, 6) is 0.594. The molecule has 2 rings (SSSR count). The van der Waals surface area contributed by atoms with Crippen LogP contribution in [0.2, 0.25) is 5.02 Å². The largest absolute Gasteiger partial charge is 0.469 e. The number of halogens is 2. The van der Waals surface area contributed by atoms with Crippen LogP contribution in [0.5, 0.6) is 0 Å². The summed E-state index contributed by atoms with van der Waals surface area (Å²) in [6.45, 7) is 2.06. The highest BCUT2D eigenvalue weighted by atomic mass is 35.5. The molecule has 1 N–H and O–H groups in total. The van der Waals surface area contributed by atoms with Crippen LogP contribution in [0.25, 0.3) is 0 Å². The zero-order valence-electron chi connectivity index (χ0n) is 11.0. The number of aryl methyl sites for hydroxylation is 1. The molecule has 0 fully saturated rings. The Morgan fingerprint density at radius 1 is 1.37 bits per heavy atom. The molecule has 1 aromatic heterocycles. The Hall–Kier alpha value is -1.32. The van der Waals surface area contributed by atoms with Gasteiger partial charge in [0.15, 0.2) is 0 Å². The first-order valence-electron chi connectivity index (χ1n) is 6.33. The molecular formula is C15H17ClFNO. The second-order valence-corrected chi connectivity index (χ2v) is 4.85. The standard InChI is InChI=1S/C15H17ClFNO/c1-3-15-11(6-7-19-15)14(18-2)9-10-4-5-13(17)12(16)8-10/h4-8,14,18H,3,9H2,1-2H3. The van der Waals surface area contributed by atoms with Gasteiger partial charge in [-0.15, -0.1) is 0 Å². The molecule has 1 unspecified atom stereocenters. The Morgan fingerprint density at radius 3 is 2.79 bits per heavy atom. The highest BCUT2D eigenvalue weighted by Crippen LogP contribution is 2.25. The van der Waals surface area contributed by atoms with Crippen LogP contribution in [-0.4, -0.2) is 7.05 Å². The van der Waals surface area contributed by atoms with Crippen molar-refractivity contribution in [1.82, 2.24) is 5.32 Å². The van der Waals surface area contributed by atoms with Gasteiger partial charge in [0.1, 0.15) is 11.6 Å². The van der Waals surface area contributed by atoms with Crippen molar-refractivity contribution in [2.24, 2.45) is 0 Å². The summed E-state index contributed by atoms with van der Waals surface area (Å²) < 4.78 is 18.6. The lowest BCUT2D eigenvalue weighted by atomic mass is 9.98. The number of benzene rings is 1. The molecule has 0 saturated heterocycles. The molecule has 1 aromatic carbocycles. The lowest BCUT2D eigenvalue weighted by molar-refractivity contribution is 0.495. The SMILES string of the molecule is CCc1occc1C(Cc1ccc(F)c(Cl)c1)NC. The fourth-order valence-electron chi connectivity index (χ4n) is 2.22. The van der Waals surface area contributed by atoms with Gasteiger partial charge in [-0.2, -0.15) is 0 Å². The van der Waals surface area contributed by atoms with E-state index >= 15 is 0 Å². The Balaban J connectivity index is 2.21. The minimum absolute atomic E-state index is 0.134. The molecule has 102 valence electrons. The van der Waals surface area contributed by atoms with Gasteiger partial charge >= 0.3 is 0 Å². The van der Waals surface area contributed by atoms with E-state index in [1.807, 2.05) is 13.1 Å². The molecule has 19 heavy (non-hydrogen) atoms.